The van der Waals surface area contributed by atoms with Crippen molar-refractivity contribution in [1.29, 1.82) is 0 Å². The van der Waals surface area contributed by atoms with Gasteiger partial charge in [-0.1, -0.05) is 37.3 Å². The van der Waals surface area contributed by atoms with Gasteiger partial charge in [0, 0.05) is 41.5 Å². The molecule has 0 spiro atoms. The minimum atomic E-state index is -1.40. The molecule has 0 aromatic heterocycles. The highest BCUT2D eigenvalue weighted by Gasteiger charge is 2.54. The van der Waals surface area contributed by atoms with Gasteiger partial charge in [0.05, 0.1) is 13.2 Å². The largest absolute Gasteiger partial charge is 0.463 e. The lowest BCUT2D eigenvalue weighted by Gasteiger charge is -2.46. The van der Waals surface area contributed by atoms with Crippen LogP contribution in [0.15, 0.2) is 30.3 Å². The first-order valence-electron chi connectivity index (χ1n) is 15.9. The van der Waals surface area contributed by atoms with E-state index in [1.807, 2.05) is 13.0 Å². The molecule has 1 aromatic rings. The molecule has 0 amide bonds. The van der Waals surface area contributed by atoms with Crippen molar-refractivity contribution in [3.8, 4) is 0 Å². The Morgan fingerprint density at radius 1 is 0.580 bits per heavy atom. The van der Waals surface area contributed by atoms with E-state index >= 15 is 0 Å². The zero-order valence-electron chi connectivity index (χ0n) is 28.9. The smallest absolute Gasteiger partial charge is 0.303 e. The molecule has 0 unspecified atom stereocenters. The molecule has 2 heterocycles. The Labute approximate surface area is 294 Å². The quantitative estimate of drug-likeness (QED) is 0.188. The maximum atomic E-state index is 12.4. The number of hydrogen-bond donors (Lipinski definition) is 0. The van der Waals surface area contributed by atoms with E-state index in [1.165, 1.54) is 25.6 Å². The molecule has 0 radical (unpaired) electrons. The van der Waals surface area contributed by atoms with Gasteiger partial charge in [-0.15, -0.1) is 11.8 Å². The molecule has 2 fully saturated rings. The van der Waals surface area contributed by atoms with Crippen LogP contribution in [0.5, 0.6) is 0 Å². The van der Waals surface area contributed by atoms with E-state index in [9.17, 15) is 28.8 Å². The molecule has 16 nitrogen and oxygen atoms in total. The van der Waals surface area contributed by atoms with E-state index in [2.05, 4.69) is 0 Å². The molecule has 10 atom stereocenters. The molecule has 0 N–H and O–H groups in total. The van der Waals surface area contributed by atoms with E-state index in [-0.39, 0.29) is 6.61 Å². The third kappa shape index (κ3) is 12.2. The topological polar surface area (TPSA) is 195 Å². The van der Waals surface area contributed by atoms with Crippen molar-refractivity contribution in [2.45, 2.75) is 116 Å². The highest BCUT2D eigenvalue weighted by atomic mass is 32.2. The van der Waals surface area contributed by atoms with Crippen molar-refractivity contribution in [2.24, 2.45) is 0 Å². The first-order valence-corrected chi connectivity index (χ1v) is 16.9. The van der Waals surface area contributed by atoms with Crippen LogP contribution in [0.1, 0.15) is 54.0 Å². The summed E-state index contributed by atoms with van der Waals surface area (Å²) in [6, 6.07) is 9.02. The van der Waals surface area contributed by atoms with E-state index in [0.717, 1.165) is 33.3 Å². The van der Waals surface area contributed by atoms with Crippen molar-refractivity contribution in [3.05, 3.63) is 35.9 Å². The number of benzene rings is 1. The minimum Gasteiger partial charge on any atom is -0.463 e. The third-order valence-electron chi connectivity index (χ3n) is 7.18. The Balaban J connectivity index is 2.03. The average Bonchev–Trinajstić information content (AvgIpc) is 3.02. The van der Waals surface area contributed by atoms with Gasteiger partial charge in [-0.2, -0.15) is 0 Å². The van der Waals surface area contributed by atoms with Crippen LogP contribution >= 0.6 is 11.8 Å². The second kappa shape index (κ2) is 19.6. The fourth-order valence-corrected chi connectivity index (χ4v) is 6.38. The van der Waals surface area contributed by atoms with Crippen LogP contribution in [-0.2, 0) is 82.7 Å². The average molecular weight is 729 g/mol. The van der Waals surface area contributed by atoms with Crippen molar-refractivity contribution in [2.75, 3.05) is 19.0 Å². The molecule has 2 aliphatic rings. The molecule has 50 heavy (non-hydrogen) atoms. The number of rotatable bonds is 15. The molecule has 0 bridgehead atoms. The zero-order valence-corrected chi connectivity index (χ0v) is 29.7. The van der Waals surface area contributed by atoms with E-state index < -0.39 is 110 Å². The maximum absolute atomic E-state index is 12.4. The molecule has 1 aromatic carbocycles. The maximum Gasteiger partial charge on any atom is 0.303 e. The van der Waals surface area contributed by atoms with Gasteiger partial charge in [0.1, 0.15) is 30.4 Å². The lowest BCUT2D eigenvalue weighted by molar-refractivity contribution is -0.324. The van der Waals surface area contributed by atoms with Crippen LogP contribution in [0, 0.1) is 0 Å². The normalized spacial score (nSPS) is 29.2. The second-order valence-electron chi connectivity index (χ2n) is 11.3. The van der Waals surface area contributed by atoms with Crippen molar-refractivity contribution in [1.82, 2.24) is 0 Å². The van der Waals surface area contributed by atoms with Crippen molar-refractivity contribution >= 4 is 47.6 Å². The minimum absolute atomic E-state index is 0.0162. The lowest BCUT2D eigenvalue weighted by atomic mass is 9.97. The van der Waals surface area contributed by atoms with Crippen LogP contribution < -0.4 is 0 Å². The summed E-state index contributed by atoms with van der Waals surface area (Å²) in [5, 5.41) is 0. The van der Waals surface area contributed by atoms with Crippen molar-refractivity contribution in [3.63, 3.8) is 0 Å². The predicted molar refractivity (Wildman–Crippen MR) is 171 cm³/mol. The molecular formula is C33H44O16S. The van der Waals surface area contributed by atoms with Gasteiger partial charge >= 0.3 is 35.8 Å². The number of esters is 6. The lowest BCUT2D eigenvalue weighted by Crippen LogP contribution is -2.64. The molecule has 2 saturated heterocycles. The Kier molecular flexibility index (Phi) is 15.9. The molecule has 17 heteroatoms. The van der Waals surface area contributed by atoms with Gasteiger partial charge in [0.25, 0.3) is 0 Å². The van der Waals surface area contributed by atoms with Crippen LogP contribution in [0.2, 0.25) is 0 Å². The van der Waals surface area contributed by atoms with Crippen molar-refractivity contribution < 1.29 is 76.1 Å². The first-order chi connectivity index (χ1) is 23.7. The summed E-state index contributed by atoms with van der Waals surface area (Å²) in [6.45, 7) is 7.97. The van der Waals surface area contributed by atoms with E-state index in [0.29, 0.717) is 5.75 Å². The Morgan fingerprint density at radius 2 is 1.06 bits per heavy atom. The molecule has 0 aliphatic carbocycles. The zero-order chi connectivity index (χ0) is 37.0. The fraction of sp³-hybridized carbons (Fsp3) is 0.636. The summed E-state index contributed by atoms with van der Waals surface area (Å²) >= 11 is 1.25. The summed E-state index contributed by atoms with van der Waals surface area (Å²) in [4.78, 5) is 73.0. The molecular weight excluding hydrogens is 684 g/mol. The number of hydrogen-bond acceptors (Lipinski definition) is 17. The predicted octanol–water partition coefficient (Wildman–Crippen LogP) is 2.01. The van der Waals surface area contributed by atoms with Gasteiger partial charge in [-0.3, -0.25) is 28.8 Å². The SMILES string of the molecule is CCS[C@@H]1O[C@H](CO[C@H]2O[C@H](COC(C)=O)[C@@H](OC(C)=O)[C@H](OC(C)=O)[C@H]2OCc2ccccc2)[C@@H](OC(C)=O)[C@H](OC(C)=O)[C@H]1OC(C)=O. The second-order valence-corrected chi connectivity index (χ2v) is 12.7. The first kappa shape index (κ1) is 40.7. The number of carbonyl (C=O) groups excluding carboxylic acids is 6. The van der Waals surface area contributed by atoms with Gasteiger partial charge in [-0.05, 0) is 11.3 Å². The number of carbonyl (C=O) groups is 6. The number of ether oxygens (including phenoxy) is 10. The number of thioether (sulfide) groups is 1. The van der Waals surface area contributed by atoms with E-state index in [4.69, 9.17) is 47.4 Å². The summed E-state index contributed by atoms with van der Waals surface area (Å²) in [7, 11) is 0. The third-order valence-corrected chi connectivity index (χ3v) is 8.23. The Bertz CT molecular complexity index is 1320. The monoisotopic (exact) mass is 728 g/mol. The van der Waals surface area contributed by atoms with Gasteiger partial charge in [0.2, 0.25) is 0 Å². The summed E-state index contributed by atoms with van der Waals surface area (Å²) in [5.41, 5.74) is -0.144. The van der Waals surface area contributed by atoms with Gasteiger partial charge in [0.15, 0.2) is 36.8 Å². The van der Waals surface area contributed by atoms with Gasteiger partial charge < -0.3 is 47.4 Å². The Morgan fingerprint density at radius 3 is 1.56 bits per heavy atom. The molecule has 278 valence electrons. The summed E-state index contributed by atoms with van der Waals surface area (Å²) < 4.78 is 57.9. The summed E-state index contributed by atoms with van der Waals surface area (Å²) in [5.74, 6) is -3.78. The van der Waals surface area contributed by atoms with Gasteiger partial charge in [-0.25, -0.2) is 0 Å². The summed E-state index contributed by atoms with van der Waals surface area (Å²) in [6.07, 6.45) is -11.3. The highest BCUT2D eigenvalue weighted by Crippen LogP contribution is 2.36. The van der Waals surface area contributed by atoms with Crippen LogP contribution in [0.25, 0.3) is 0 Å². The molecule has 3 rings (SSSR count). The molecule has 0 saturated carbocycles. The van der Waals surface area contributed by atoms with Crippen LogP contribution in [0.4, 0.5) is 0 Å². The van der Waals surface area contributed by atoms with E-state index in [1.54, 1.807) is 24.3 Å². The standard InChI is InChI=1S/C33H44O16S/c1-8-50-33-31(47-22(7)39)29(46-21(6)38)27(44-19(4)36)25(49-33)16-42-32-30(41-14-23-12-10-9-11-13-23)28(45-20(5)37)26(43-18(3)35)24(48-32)15-40-17(2)34/h9-13,24-33H,8,14-16H2,1-7H3/t24-,25-,26-,27-,28+,29+,30-,31-,32+,33+/m1/s1. The van der Waals surface area contributed by atoms with Crippen LogP contribution in [0.3, 0.4) is 0 Å². The highest BCUT2D eigenvalue weighted by molar-refractivity contribution is 7.99. The fourth-order valence-electron chi connectivity index (χ4n) is 5.43. The van der Waals surface area contributed by atoms with Crippen LogP contribution in [-0.4, -0.2) is 115 Å². The Hall–Kier alpha value is -3.77. The molecule has 2 aliphatic heterocycles.